The lowest BCUT2D eigenvalue weighted by atomic mass is 10.3. The largest absolute Gasteiger partial charge is 0.326 e. The van der Waals surface area contributed by atoms with Gasteiger partial charge in [-0.25, -0.2) is 13.4 Å². The highest BCUT2D eigenvalue weighted by molar-refractivity contribution is 7.94. The average Bonchev–Trinajstić information content (AvgIpc) is 2.94. The van der Waals surface area contributed by atoms with Gasteiger partial charge in [0.15, 0.2) is 5.13 Å². The summed E-state index contributed by atoms with van der Waals surface area (Å²) in [7, 11) is -3.44. The summed E-state index contributed by atoms with van der Waals surface area (Å²) in [5, 5.41) is 2.23. The van der Waals surface area contributed by atoms with Gasteiger partial charge in [0.25, 0.3) is 0 Å². The standard InChI is InChI=1S/C12H17N3O2S3/c1-12(2,3)20(16,17)15-11-14-9(7-18-11)10-5-4-8(6-13)19-10/h4-5,7H,6,13H2,1-3H3,(H,14,15). The van der Waals surface area contributed by atoms with Crippen LogP contribution in [0.4, 0.5) is 5.13 Å². The predicted molar refractivity (Wildman–Crippen MR) is 85.6 cm³/mol. The molecule has 0 aliphatic rings. The molecule has 2 aromatic rings. The predicted octanol–water partition coefficient (Wildman–Crippen LogP) is 2.87. The fourth-order valence-electron chi connectivity index (χ4n) is 1.33. The topological polar surface area (TPSA) is 85.1 Å². The molecule has 0 aliphatic carbocycles. The minimum Gasteiger partial charge on any atom is -0.326 e. The summed E-state index contributed by atoms with van der Waals surface area (Å²) in [6.07, 6.45) is 0. The molecule has 0 saturated heterocycles. The minimum atomic E-state index is -3.44. The molecule has 110 valence electrons. The summed E-state index contributed by atoms with van der Waals surface area (Å²) in [5.74, 6) is 0. The molecule has 0 bridgehead atoms. The molecule has 2 aromatic heterocycles. The molecule has 0 spiro atoms. The van der Waals surface area contributed by atoms with Gasteiger partial charge in [-0.3, -0.25) is 4.72 Å². The molecule has 0 aliphatic heterocycles. The van der Waals surface area contributed by atoms with Crippen molar-refractivity contribution >= 4 is 37.8 Å². The number of hydrogen-bond acceptors (Lipinski definition) is 6. The van der Waals surface area contributed by atoms with Crippen molar-refractivity contribution in [2.75, 3.05) is 4.72 Å². The van der Waals surface area contributed by atoms with E-state index in [9.17, 15) is 8.42 Å². The number of nitrogens with one attached hydrogen (secondary N) is 1. The SMILES string of the molecule is CC(C)(C)S(=O)(=O)Nc1nc(-c2ccc(CN)s2)cs1. The van der Waals surface area contributed by atoms with Crippen LogP contribution in [0.3, 0.4) is 0 Å². The molecule has 0 aromatic carbocycles. The van der Waals surface area contributed by atoms with Crippen LogP contribution in [-0.4, -0.2) is 18.1 Å². The van der Waals surface area contributed by atoms with Gasteiger partial charge in [0.2, 0.25) is 10.0 Å². The van der Waals surface area contributed by atoms with Crippen molar-refractivity contribution < 1.29 is 8.42 Å². The number of nitrogens with zero attached hydrogens (tertiary/aromatic N) is 1. The number of anilines is 1. The first-order valence-corrected chi connectivity index (χ1v) is 9.18. The summed E-state index contributed by atoms with van der Waals surface area (Å²) in [6, 6.07) is 3.91. The third-order valence-electron chi connectivity index (χ3n) is 2.65. The second-order valence-electron chi connectivity index (χ2n) is 5.23. The van der Waals surface area contributed by atoms with Crippen molar-refractivity contribution in [1.29, 1.82) is 0 Å². The van der Waals surface area contributed by atoms with Gasteiger partial charge in [0.1, 0.15) is 0 Å². The van der Waals surface area contributed by atoms with Crippen LogP contribution in [0, 0.1) is 0 Å². The highest BCUT2D eigenvalue weighted by Crippen LogP contribution is 2.31. The summed E-state index contributed by atoms with van der Waals surface area (Å²) < 4.78 is 25.8. The van der Waals surface area contributed by atoms with Crippen LogP contribution in [-0.2, 0) is 16.6 Å². The molecule has 20 heavy (non-hydrogen) atoms. The third-order valence-corrected chi connectivity index (χ3v) is 6.74. The quantitative estimate of drug-likeness (QED) is 0.902. The van der Waals surface area contributed by atoms with E-state index in [1.807, 2.05) is 17.5 Å². The second-order valence-corrected chi connectivity index (χ2v) is 9.69. The maximum atomic E-state index is 12.1. The number of thiazole rings is 1. The summed E-state index contributed by atoms with van der Waals surface area (Å²) >= 11 is 2.84. The second kappa shape index (κ2) is 5.44. The Labute approximate surface area is 126 Å². The summed E-state index contributed by atoms with van der Waals surface area (Å²) in [4.78, 5) is 6.39. The first kappa shape index (κ1) is 15.4. The highest BCUT2D eigenvalue weighted by Gasteiger charge is 2.29. The lowest BCUT2D eigenvalue weighted by molar-refractivity contribution is 0.566. The molecule has 2 heterocycles. The smallest absolute Gasteiger partial charge is 0.239 e. The molecule has 0 saturated carbocycles. The maximum Gasteiger partial charge on any atom is 0.239 e. The molecule has 8 heteroatoms. The van der Waals surface area contributed by atoms with E-state index in [0.29, 0.717) is 11.7 Å². The first-order chi connectivity index (χ1) is 9.23. The lowest BCUT2D eigenvalue weighted by Gasteiger charge is -2.18. The molecule has 5 nitrogen and oxygen atoms in total. The average molecular weight is 331 g/mol. The van der Waals surface area contributed by atoms with Crippen LogP contribution in [0.2, 0.25) is 0 Å². The van der Waals surface area contributed by atoms with E-state index in [1.165, 1.54) is 11.3 Å². The zero-order chi connectivity index (χ0) is 15.0. The molecule has 0 amide bonds. The van der Waals surface area contributed by atoms with Crippen molar-refractivity contribution in [1.82, 2.24) is 4.98 Å². The molecule has 2 rings (SSSR count). The van der Waals surface area contributed by atoms with Crippen LogP contribution in [0.25, 0.3) is 10.6 Å². The van der Waals surface area contributed by atoms with Crippen molar-refractivity contribution in [3.63, 3.8) is 0 Å². The zero-order valence-corrected chi connectivity index (χ0v) is 14.0. The van der Waals surface area contributed by atoms with E-state index in [-0.39, 0.29) is 0 Å². The Morgan fingerprint density at radius 1 is 1.35 bits per heavy atom. The van der Waals surface area contributed by atoms with Crippen molar-refractivity contribution in [3.8, 4) is 10.6 Å². The Kier molecular flexibility index (Phi) is 4.19. The lowest BCUT2D eigenvalue weighted by Crippen LogP contribution is -2.33. The number of hydrogen-bond donors (Lipinski definition) is 2. The van der Waals surface area contributed by atoms with Gasteiger partial charge in [0.05, 0.1) is 15.3 Å². The number of aromatic nitrogens is 1. The Morgan fingerprint density at radius 3 is 2.60 bits per heavy atom. The van der Waals surface area contributed by atoms with Gasteiger partial charge in [0, 0.05) is 16.8 Å². The maximum absolute atomic E-state index is 12.1. The van der Waals surface area contributed by atoms with Gasteiger partial charge >= 0.3 is 0 Å². The number of rotatable bonds is 4. The van der Waals surface area contributed by atoms with Gasteiger partial charge in [-0.2, -0.15) is 0 Å². The monoisotopic (exact) mass is 331 g/mol. The van der Waals surface area contributed by atoms with E-state index in [0.717, 1.165) is 15.4 Å². The summed E-state index contributed by atoms with van der Waals surface area (Å²) in [6.45, 7) is 5.45. The van der Waals surface area contributed by atoms with Crippen molar-refractivity contribution in [2.24, 2.45) is 5.73 Å². The normalized spacial score (nSPS) is 12.6. The summed E-state index contributed by atoms with van der Waals surface area (Å²) in [5.41, 5.74) is 6.35. The molecular weight excluding hydrogens is 314 g/mol. The first-order valence-electron chi connectivity index (χ1n) is 6.00. The van der Waals surface area contributed by atoms with Crippen molar-refractivity contribution in [2.45, 2.75) is 32.1 Å². The van der Waals surface area contributed by atoms with Crippen molar-refractivity contribution in [3.05, 3.63) is 22.4 Å². The van der Waals surface area contributed by atoms with Gasteiger partial charge in [-0.1, -0.05) is 0 Å². The van der Waals surface area contributed by atoms with E-state index in [4.69, 9.17) is 5.73 Å². The van der Waals surface area contributed by atoms with Gasteiger partial charge in [-0.05, 0) is 32.9 Å². The number of nitrogens with two attached hydrogens (primary N) is 1. The minimum absolute atomic E-state index is 0.387. The van der Waals surface area contributed by atoms with Crippen LogP contribution in [0.1, 0.15) is 25.6 Å². The van der Waals surface area contributed by atoms with Crippen LogP contribution in [0.15, 0.2) is 17.5 Å². The van der Waals surface area contributed by atoms with E-state index >= 15 is 0 Å². The highest BCUT2D eigenvalue weighted by atomic mass is 32.2. The van der Waals surface area contributed by atoms with Gasteiger partial charge < -0.3 is 5.73 Å². The van der Waals surface area contributed by atoms with Crippen LogP contribution < -0.4 is 10.5 Å². The Balaban J connectivity index is 2.22. The molecule has 0 fully saturated rings. The van der Waals surface area contributed by atoms with E-state index in [2.05, 4.69) is 9.71 Å². The Hall–Kier alpha value is -0.960. The van der Waals surface area contributed by atoms with Crippen LogP contribution >= 0.6 is 22.7 Å². The molecule has 0 atom stereocenters. The number of thiophene rings is 1. The Morgan fingerprint density at radius 2 is 2.05 bits per heavy atom. The zero-order valence-electron chi connectivity index (χ0n) is 11.5. The fourth-order valence-corrected chi connectivity index (χ4v) is 3.91. The Bertz CT molecular complexity index is 696. The molecule has 0 radical (unpaired) electrons. The van der Waals surface area contributed by atoms with Crippen LogP contribution in [0.5, 0.6) is 0 Å². The van der Waals surface area contributed by atoms with E-state index in [1.54, 1.807) is 32.1 Å². The molecule has 3 N–H and O–H groups in total. The molecular formula is C12H17N3O2S3. The van der Waals surface area contributed by atoms with Gasteiger partial charge in [-0.15, -0.1) is 22.7 Å². The molecule has 0 unspecified atom stereocenters. The fraction of sp³-hybridized carbons (Fsp3) is 0.417. The van der Waals surface area contributed by atoms with E-state index < -0.39 is 14.8 Å². The number of sulfonamides is 1. The third kappa shape index (κ3) is 3.20.